The molecule has 106 valence electrons. The Morgan fingerprint density at radius 1 is 1.26 bits per heavy atom. The fourth-order valence-corrected chi connectivity index (χ4v) is 2.17. The van der Waals surface area contributed by atoms with Crippen LogP contribution in [0.3, 0.4) is 0 Å². The van der Waals surface area contributed by atoms with E-state index in [-0.39, 0.29) is 18.2 Å². The van der Waals surface area contributed by atoms with Crippen LogP contribution in [0, 0.1) is 0 Å². The summed E-state index contributed by atoms with van der Waals surface area (Å²) < 4.78 is 21.8. The molecule has 0 spiro atoms. The molecular formula is C13H18ClNO3S. The molecule has 0 aliphatic carbocycles. The lowest BCUT2D eigenvalue weighted by atomic mass is 10.1. The molecule has 1 aromatic carbocycles. The largest absolute Gasteiger partial charge is 0.355 e. The Labute approximate surface area is 119 Å². The Morgan fingerprint density at radius 2 is 1.89 bits per heavy atom. The highest BCUT2D eigenvalue weighted by Gasteiger charge is 2.05. The summed E-state index contributed by atoms with van der Waals surface area (Å²) in [7, 11) is -3.01. The highest BCUT2D eigenvalue weighted by Crippen LogP contribution is 2.11. The number of carbonyl (C=O) groups excluding carboxylic acids is 1. The first-order valence-corrected chi connectivity index (χ1v) is 8.49. The summed E-state index contributed by atoms with van der Waals surface area (Å²) in [6.45, 7) is 0.179. The van der Waals surface area contributed by atoms with E-state index < -0.39 is 9.84 Å². The number of hydrogen-bond acceptors (Lipinski definition) is 3. The van der Waals surface area contributed by atoms with Gasteiger partial charge < -0.3 is 5.32 Å². The van der Waals surface area contributed by atoms with E-state index in [2.05, 4.69) is 5.32 Å². The Kier molecular flexibility index (Phi) is 6.31. The van der Waals surface area contributed by atoms with Gasteiger partial charge in [0.25, 0.3) is 0 Å². The molecule has 0 unspecified atom stereocenters. The van der Waals surface area contributed by atoms with Gasteiger partial charge in [-0.3, -0.25) is 4.79 Å². The highest BCUT2D eigenvalue weighted by molar-refractivity contribution is 7.90. The van der Waals surface area contributed by atoms with Crippen molar-refractivity contribution in [1.82, 2.24) is 5.32 Å². The van der Waals surface area contributed by atoms with Gasteiger partial charge in [0.05, 0.1) is 5.75 Å². The van der Waals surface area contributed by atoms with Crippen molar-refractivity contribution in [3.05, 3.63) is 34.9 Å². The van der Waals surface area contributed by atoms with Crippen molar-refractivity contribution in [3.63, 3.8) is 0 Å². The number of benzene rings is 1. The van der Waals surface area contributed by atoms with E-state index in [1.807, 2.05) is 24.3 Å². The highest BCUT2D eigenvalue weighted by atomic mass is 35.5. The molecule has 1 rings (SSSR count). The van der Waals surface area contributed by atoms with Crippen LogP contribution >= 0.6 is 11.6 Å². The van der Waals surface area contributed by atoms with Crippen LogP contribution in [-0.4, -0.2) is 32.9 Å². The molecule has 4 nitrogen and oxygen atoms in total. The van der Waals surface area contributed by atoms with Crippen LogP contribution in [0.15, 0.2) is 24.3 Å². The van der Waals surface area contributed by atoms with Gasteiger partial charge in [-0.25, -0.2) is 8.42 Å². The normalized spacial score (nSPS) is 11.3. The quantitative estimate of drug-likeness (QED) is 0.836. The molecule has 1 N–H and O–H groups in total. The molecule has 0 bridgehead atoms. The zero-order valence-corrected chi connectivity index (χ0v) is 12.4. The third-order valence-electron chi connectivity index (χ3n) is 2.58. The van der Waals surface area contributed by atoms with E-state index >= 15 is 0 Å². The zero-order valence-electron chi connectivity index (χ0n) is 10.9. The number of halogens is 1. The lowest BCUT2D eigenvalue weighted by Crippen LogP contribution is -2.28. The fraction of sp³-hybridized carbons (Fsp3) is 0.462. The molecule has 0 fully saturated rings. The summed E-state index contributed by atoms with van der Waals surface area (Å²) in [5.74, 6) is -0.131. The minimum atomic E-state index is -3.01. The van der Waals surface area contributed by atoms with Crippen LogP contribution in [0.25, 0.3) is 0 Å². The van der Waals surface area contributed by atoms with Crippen molar-refractivity contribution in [3.8, 4) is 0 Å². The van der Waals surface area contributed by atoms with Crippen LogP contribution in [-0.2, 0) is 21.1 Å². The molecule has 6 heteroatoms. The van der Waals surface area contributed by atoms with E-state index in [0.717, 1.165) is 24.7 Å². The van der Waals surface area contributed by atoms with Gasteiger partial charge >= 0.3 is 0 Å². The lowest BCUT2D eigenvalue weighted by molar-refractivity contribution is -0.121. The van der Waals surface area contributed by atoms with Crippen LogP contribution in [0.2, 0.25) is 5.02 Å². The van der Waals surface area contributed by atoms with E-state index in [4.69, 9.17) is 11.6 Å². The van der Waals surface area contributed by atoms with Gasteiger partial charge in [-0.1, -0.05) is 23.7 Å². The summed E-state index contributed by atoms with van der Waals surface area (Å²) in [6.07, 6.45) is 3.08. The van der Waals surface area contributed by atoms with Gasteiger partial charge in [-0.15, -0.1) is 0 Å². The molecule has 0 heterocycles. The molecule has 0 aliphatic heterocycles. The summed E-state index contributed by atoms with van der Waals surface area (Å²) in [5, 5.41) is 3.29. The average molecular weight is 304 g/mol. The maximum atomic E-state index is 11.4. The Balaban J connectivity index is 2.18. The fourth-order valence-electron chi connectivity index (χ4n) is 1.57. The molecule has 0 saturated heterocycles. The first kappa shape index (κ1) is 16.0. The number of amides is 1. The molecule has 19 heavy (non-hydrogen) atoms. The zero-order chi connectivity index (χ0) is 14.3. The van der Waals surface area contributed by atoms with Crippen molar-refractivity contribution < 1.29 is 13.2 Å². The third-order valence-corrected chi connectivity index (χ3v) is 3.78. The maximum Gasteiger partial charge on any atom is 0.220 e. The second-order valence-corrected chi connectivity index (χ2v) is 7.16. The van der Waals surface area contributed by atoms with Crippen LogP contribution in [0.4, 0.5) is 0 Å². The third kappa shape index (κ3) is 7.85. The molecule has 1 amide bonds. The van der Waals surface area contributed by atoms with Crippen LogP contribution in [0.1, 0.15) is 18.4 Å². The van der Waals surface area contributed by atoms with Crippen LogP contribution < -0.4 is 5.32 Å². The first-order valence-electron chi connectivity index (χ1n) is 6.06. The van der Waals surface area contributed by atoms with Gasteiger partial charge in [-0.05, 0) is 30.5 Å². The van der Waals surface area contributed by atoms with Gasteiger partial charge in [0.2, 0.25) is 5.91 Å². The van der Waals surface area contributed by atoms with Crippen molar-refractivity contribution in [2.24, 2.45) is 0 Å². The minimum Gasteiger partial charge on any atom is -0.355 e. The van der Waals surface area contributed by atoms with Crippen molar-refractivity contribution >= 4 is 27.3 Å². The summed E-state index contributed by atoms with van der Waals surface area (Å²) in [5.41, 5.74) is 1.13. The minimum absolute atomic E-state index is 0.0179. The van der Waals surface area contributed by atoms with Crippen LogP contribution in [0.5, 0.6) is 0 Å². The lowest BCUT2D eigenvalue weighted by Gasteiger charge is -2.04. The number of aryl methyl sites for hydroxylation is 1. The van der Waals surface area contributed by atoms with Crippen molar-refractivity contribution in [1.29, 1.82) is 0 Å². The van der Waals surface area contributed by atoms with Gasteiger partial charge in [0.1, 0.15) is 9.84 Å². The molecule has 0 atom stereocenters. The topological polar surface area (TPSA) is 63.2 Å². The molecular weight excluding hydrogens is 286 g/mol. The maximum absolute atomic E-state index is 11.4. The summed E-state index contributed by atoms with van der Waals surface area (Å²) in [4.78, 5) is 11.4. The summed E-state index contributed by atoms with van der Waals surface area (Å²) in [6, 6.07) is 7.51. The standard InChI is InChI=1S/C13H18ClNO3S/c1-19(17,18)10-9-15-13(16)4-2-3-11-5-7-12(14)8-6-11/h5-8H,2-4,9-10H2,1H3,(H,15,16). The predicted octanol–water partition coefficient (Wildman–Crippen LogP) is 1.82. The number of rotatable bonds is 7. The van der Waals surface area contributed by atoms with E-state index in [0.29, 0.717) is 11.4 Å². The molecule has 0 aromatic heterocycles. The van der Waals surface area contributed by atoms with Gasteiger partial charge in [0.15, 0.2) is 0 Å². The molecule has 1 aromatic rings. The number of sulfone groups is 1. The Bertz CT molecular complexity index is 511. The Hall–Kier alpha value is -1.07. The van der Waals surface area contributed by atoms with E-state index in [9.17, 15) is 13.2 Å². The first-order chi connectivity index (χ1) is 8.87. The molecule has 0 aliphatic rings. The SMILES string of the molecule is CS(=O)(=O)CCNC(=O)CCCc1ccc(Cl)cc1. The van der Waals surface area contributed by atoms with Crippen molar-refractivity contribution in [2.45, 2.75) is 19.3 Å². The smallest absolute Gasteiger partial charge is 0.220 e. The Morgan fingerprint density at radius 3 is 2.47 bits per heavy atom. The van der Waals surface area contributed by atoms with Crippen molar-refractivity contribution in [2.75, 3.05) is 18.6 Å². The second-order valence-electron chi connectivity index (χ2n) is 4.46. The second kappa shape index (κ2) is 7.50. The van der Waals surface area contributed by atoms with E-state index in [1.54, 1.807) is 0 Å². The average Bonchev–Trinajstić information content (AvgIpc) is 2.30. The number of carbonyl (C=O) groups is 1. The molecule has 0 radical (unpaired) electrons. The van der Waals surface area contributed by atoms with Gasteiger partial charge in [0, 0.05) is 24.2 Å². The monoisotopic (exact) mass is 303 g/mol. The van der Waals surface area contributed by atoms with E-state index in [1.165, 1.54) is 0 Å². The summed E-state index contributed by atoms with van der Waals surface area (Å²) >= 11 is 5.78. The molecule has 0 saturated carbocycles. The van der Waals surface area contributed by atoms with Gasteiger partial charge in [-0.2, -0.15) is 0 Å². The predicted molar refractivity (Wildman–Crippen MR) is 77.1 cm³/mol. The number of nitrogens with one attached hydrogen (secondary N) is 1. The number of hydrogen-bond donors (Lipinski definition) is 1.